The van der Waals surface area contributed by atoms with Crippen LogP contribution >= 0.6 is 23.2 Å². The van der Waals surface area contributed by atoms with E-state index in [1.165, 1.54) is 11.0 Å². The quantitative estimate of drug-likeness (QED) is 0.782. The second-order valence-electron chi connectivity index (χ2n) is 5.87. The molecule has 0 fully saturated rings. The van der Waals surface area contributed by atoms with E-state index in [2.05, 4.69) is 5.32 Å². The lowest BCUT2D eigenvalue weighted by Gasteiger charge is -2.25. The number of hydrogen-bond donors (Lipinski definition) is 1. The van der Waals surface area contributed by atoms with E-state index in [0.29, 0.717) is 34.4 Å². The van der Waals surface area contributed by atoms with Gasteiger partial charge in [0.25, 0.3) is 0 Å². The number of carbonyl (C=O) groups is 1. The highest BCUT2D eigenvalue weighted by atomic mass is 35.5. The fraction of sp³-hybridized carbons (Fsp3) is 0.278. The van der Waals surface area contributed by atoms with Crippen LogP contribution in [0.15, 0.2) is 42.5 Å². The summed E-state index contributed by atoms with van der Waals surface area (Å²) >= 11 is 12.1. The number of nitrogens with zero attached hydrogens (tertiary/aromatic N) is 2. The molecular formula is C18H20Cl2FN3O. The molecule has 0 aliphatic rings. The minimum Gasteiger partial charge on any atom is -0.319 e. The summed E-state index contributed by atoms with van der Waals surface area (Å²) in [6, 6.07) is 10.9. The average molecular weight is 384 g/mol. The topological polar surface area (TPSA) is 35.6 Å². The summed E-state index contributed by atoms with van der Waals surface area (Å²) in [6.07, 6.45) is 0. The maximum Gasteiger partial charge on any atom is 0.322 e. The van der Waals surface area contributed by atoms with Crippen LogP contribution in [0.2, 0.25) is 10.0 Å². The fourth-order valence-electron chi connectivity index (χ4n) is 2.19. The Balaban J connectivity index is 2.17. The molecule has 0 heterocycles. The predicted molar refractivity (Wildman–Crippen MR) is 101 cm³/mol. The van der Waals surface area contributed by atoms with Gasteiger partial charge in [0.2, 0.25) is 0 Å². The molecule has 0 aromatic heterocycles. The smallest absolute Gasteiger partial charge is 0.319 e. The number of benzene rings is 2. The molecule has 0 saturated carbocycles. The number of hydrogen-bond acceptors (Lipinski definition) is 2. The Morgan fingerprint density at radius 3 is 2.52 bits per heavy atom. The van der Waals surface area contributed by atoms with Gasteiger partial charge in [-0.2, -0.15) is 0 Å². The zero-order valence-electron chi connectivity index (χ0n) is 14.1. The average Bonchev–Trinajstić information content (AvgIpc) is 2.56. The first kappa shape index (κ1) is 19.5. The second-order valence-corrected chi connectivity index (χ2v) is 6.71. The Hall–Kier alpha value is -1.82. The summed E-state index contributed by atoms with van der Waals surface area (Å²) in [5, 5.41) is 3.60. The number of halogens is 3. The molecule has 2 aromatic rings. The van der Waals surface area contributed by atoms with E-state index in [1.807, 2.05) is 19.0 Å². The molecule has 7 heteroatoms. The lowest BCUT2D eigenvalue weighted by atomic mass is 10.2. The van der Waals surface area contributed by atoms with Gasteiger partial charge < -0.3 is 15.1 Å². The van der Waals surface area contributed by atoms with E-state index < -0.39 is 0 Å². The third kappa shape index (κ3) is 5.88. The van der Waals surface area contributed by atoms with Crippen LogP contribution in [-0.2, 0) is 6.54 Å². The Kier molecular flexibility index (Phi) is 7.05. The molecular weight excluding hydrogens is 364 g/mol. The molecule has 0 spiro atoms. The number of amides is 2. The van der Waals surface area contributed by atoms with Gasteiger partial charge in [-0.15, -0.1) is 0 Å². The van der Waals surface area contributed by atoms with E-state index in [9.17, 15) is 9.18 Å². The van der Waals surface area contributed by atoms with Crippen LogP contribution in [0, 0.1) is 5.82 Å². The van der Waals surface area contributed by atoms with E-state index in [4.69, 9.17) is 23.2 Å². The molecule has 2 aromatic carbocycles. The van der Waals surface area contributed by atoms with E-state index in [1.54, 1.807) is 36.4 Å². The second kappa shape index (κ2) is 9.04. The molecule has 25 heavy (non-hydrogen) atoms. The van der Waals surface area contributed by atoms with Crippen LogP contribution in [0.3, 0.4) is 0 Å². The normalized spacial score (nSPS) is 10.8. The van der Waals surface area contributed by atoms with Crippen molar-refractivity contribution in [2.45, 2.75) is 6.54 Å². The lowest BCUT2D eigenvalue weighted by Crippen LogP contribution is -2.39. The van der Waals surface area contributed by atoms with Crippen LogP contribution in [0.25, 0.3) is 0 Å². The van der Waals surface area contributed by atoms with Crippen LogP contribution in [-0.4, -0.2) is 43.0 Å². The zero-order valence-corrected chi connectivity index (χ0v) is 15.6. The fourth-order valence-corrected chi connectivity index (χ4v) is 2.53. The van der Waals surface area contributed by atoms with E-state index in [0.717, 1.165) is 0 Å². The lowest BCUT2D eigenvalue weighted by molar-refractivity contribution is 0.201. The van der Waals surface area contributed by atoms with Crippen molar-refractivity contribution in [2.75, 3.05) is 32.5 Å². The van der Waals surface area contributed by atoms with Crippen molar-refractivity contribution in [1.82, 2.24) is 9.80 Å². The molecule has 0 atom stereocenters. The number of anilines is 1. The Morgan fingerprint density at radius 1 is 1.12 bits per heavy atom. The van der Waals surface area contributed by atoms with Gasteiger partial charge >= 0.3 is 6.03 Å². The van der Waals surface area contributed by atoms with E-state index >= 15 is 0 Å². The van der Waals surface area contributed by atoms with Gasteiger partial charge in [0, 0.05) is 23.7 Å². The molecule has 0 aliphatic heterocycles. The summed E-state index contributed by atoms with van der Waals surface area (Å²) in [5.74, 6) is -0.342. The number of nitrogens with one attached hydrogen (secondary N) is 1. The van der Waals surface area contributed by atoms with Crippen LogP contribution in [0.4, 0.5) is 14.9 Å². The molecule has 2 rings (SSSR count). The van der Waals surface area contributed by atoms with Crippen molar-refractivity contribution >= 4 is 34.9 Å². The van der Waals surface area contributed by atoms with Gasteiger partial charge in [0.1, 0.15) is 5.82 Å². The largest absolute Gasteiger partial charge is 0.322 e. The first-order valence-electron chi connectivity index (χ1n) is 7.76. The highest BCUT2D eigenvalue weighted by Gasteiger charge is 2.17. The molecule has 0 unspecified atom stereocenters. The Morgan fingerprint density at radius 2 is 1.84 bits per heavy atom. The van der Waals surface area contributed by atoms with Crippen molar-refractivity contribution in [3.8, 4) is 0 Å². The van der Waals surface area contributed by atoms with Gasteiger partial charge in [-0.25, -0.2) is 9.18 Å². The van der Waals surface area contributed by atoms with Crippen molar-refractivity contribution in [2.24, 2.45) is 0 Å². The van der Waals surface area contributed by atoms with Crippen molar-refractivity contribution in [3.63, 3.8) is 0 Å². The minimum absolute atomic E-state index is 0.157. The van der Waals surface area contributed by atoms with E-state index in [-0.39, 0.29) is 18.4 Å². The number of urea groups is 1. The Labute approximate surface area is 157 Å². The Bertz CT molecular complexity index is 740. The monoisotopic (exact) mass is 383 g/mol. The van der Waals surface area contributed by atoms with Gasteiger partial charge in [-0.3, -0.25) is 0 Å². The summed E-state index contributed by atoms with van der Waals surface area (Å²) in [5.41, 5.74) is 0.871. The van der Waals surface area contributed by atoms with Crippen molar-refractivity contribution in [3.05, 3.63) is 63.9 Å². The number of likely N-dealkylation sites (N-methyl/N-ethyl adjacent to an activating group) is 1. The molecule has 1 N–H and O–H groups in total. The molecule has 0 saturated heterocycles. The molecule has 4 nitrogen and oxygen atoms in total. The predicted octanol–water partition coefficient (Wildman–Crippen LogP) is 4.73. The maximum absolute atomic E-state index is 13.9. The highest BCUT2D eigenvalue weighted by Crippen LogP contribution is 2.26. The van der Waals surface area contributed by atoms with Gasteiger partial charge in [-0.05, 0) is 38.4 Å². The molecule has 134 valence electrons. The number of rotatable bonds is 6. The number of carbonyl (C=O) groups excluding carboxylic acids is 1. The zero-order chi connectivity index (χ0) is 18.4. The summed E-state index contributed by atoms with van der Waals surface area (Å²) < 4.78 is 13.9. The maximum atomic E-state index is 13.9. The third-order valence-electron chi connectivity index (χ3n) is 3.59. The highest BCUT2D eigenvalue weighted by molar-refractivity contribution is 6.35. The summed E-state index contributed by atoms with van der Waals surface area (Å²) in [6.45, 7) is 1.24. The first-order chi connectivity index (χ1) is 11.9. The van der Waals surface area contributed by atoms with Crippen LogP contribution in [0.1, 0.15) is 5.56 Å². The minimum atomic E-state index is -0.366. The van der Waals surface area contributed by atoms with Gasteiger partial charge in [0.05, 0.1) is 17.3 Å². The standard InChI is InChI=1S/C18H20Cl2FN3O/c1-23(2)9-10-24(12-13-5-3-4-6-16(13)21)18(25)22-17-11-14(19)7-8-15(17)20/h3-8,11H,9-10,12H2,1-2H3,(H,22,25). The van der Waals surface area contributed by atoms with Crippen molar-refractivity contribution in [1.29, 1.82) is 0 Å². The van der Waals surface area contributed by atoms with Crippen LogP contribution in [0.5, 0.6) is 0 Å². The molecule has 2 amide bonds. The van der Waals surface area contributed by atoms with Crippen molar-refractivity contribution < 1.29 is 9.18 Å². The summed E-state index contributed by atoms with van der Waals surface area (Å²) in [7, 11) is 3.82. The molecule has 0 bridgehead atoms. The molecule has 0 aliphatic carbocycles. The summed E-state index contributed by atoms with van der Waals surface area (Å²) in [4.78, 5) is 16.2. The van der Waals surface area contributed by atoms with Gasteiger partial charge in [-0.1, -0.05) is 41.4 Å². The van der Waals surface area contributed by atoms with Gasteiger partial charge in [0.15, 0.2) is 0 Å². The first-order valence-corrected chi connectivity index (χ1v) is 8.51. The third-order valence-corrected chi connectivity index (χ3v) is 4.16. The SMILES string of the molecule is CN(C)CCN(Cc1ccccc1F)C(=O)Nc1cc(Cl)ccc1Cl. The molecule has 0 radical (unpaired) electrons. The van der Waals surface area contributed by atoms with Crippen LogP contribution < -0.4 is 5.32 Å².